The van der Waals surface area contributed by atoms with E-state index in [1.165, 1.54) is 48.0 Å². The fraction of sp³-hybridized carbons (Fsp3) is 0.500. The number of fused-ring (bicyclic) bond motifs is 5. The van der Waals surface area contributed by atoms with Crippen molar-refractivity contribution in [2.24, 2.45) is 28.6 Å². The van der Waals surface area contributed by atoms with E-state index in [0.717, 1.165) is 32.1 Å². The average Bonchev–Trinajstić information content (AvgIpc) is 3.22. The number of amides is 1. The maximum absolute atomic E-state index is 14.1. The van der Waals surface area contributed by atoms with E-state index in [2.05, 4.69) is 53.4 Å². The molecular formula is C30H34FN3O. The molecule has 1 N–H and O–H groups in total. The van der Waals surface area contributed by atoms with Crippen LogP contribution >= 0.6 is 0 Å². The van der Waals surface area contributed by atoms with Gasteiger partial charge in [-0.1, -0.05) is 37.6 Å². The van der Waals surface area contributed by atoms with Crippen molar-refractivity contribution in [2.45, 2.75) is 64.8 Å². The number of carbonyl (C=O) groups is 1. The molecule has 2 aromatic heterocycles. The van der Waals surface area contributed by atoms with Crippen LogP contribution in [0.2, 0.25) is 0 Å². The summed E-state index contributed by atoms with van der Waals surface area (Å²) in [6, 6.07) is 5.56. The summed E-state index contributed by atoms with van der Waals surface area (Å²) >= 11 is 0. The first-order valence-corrected chi connectivity index (χ1v) is 13.1. The first-order valence-electron chi connectivity index (χ1n) is 13.1. The Morgan fingerprint density at radius 2 is 1.83 bits per heavy atom. The van der Waals surface area contributed by atoms with Gasteiger partial charge >= 0.3 is 0 Å². The third-order valence-corrected chi connectivity index (χ3v) is 10.0. The van der Waals surface area contributed by atoms with Gasteiger partial charge in [0.25, 0.3) is 5.91 Å². The van der Waals surface area contributed by atoms with Gasteiger partial charge in [-0.3, -0.25) is 14.8 Å². The zero-order valence-corrected chi connectivity index (χ0v) is 20.6. The molecule has 0 aromatic carbocycles. The lowest BCUT2D eigenvalue weighted by Crippen LogP contribution is -2.51. The third-order valence-electron chi connectivity index (χ3n) is 10.0. The van der Waals surface area contributed by atoms with Crippen molar-refractivity contribution in [1.29, 1.82) is 0 Å². The smallest absolute Gasteiger partial charge is 0.256 e. The van der Waals surface area contributed by atoms with Crippen molar-refractivity contribution in [1.82, 2.24) is 15.3 Å². The van der Waals surface area contributed by atoms with Crippen LogP contribution < -0.4 is 5.32 Å². The van der Waals surface area contributed by atoms with E-state index in [-0.39, 0.29) is 28.3 Å². The normalized spacial score (nSPS) is 35.7. The predicted molar refractivity (Wildman–Crippen MR) is 135 cm³/mol. The van der Waals surface area contributed by atoms with Crippen LogP contribution in [0.1, 0.15) is 74.7 Å². The number of aromatic nitrogens is 2. The number of hydrogen-bond donors (Lipinski definition) is 1. The van der Waals surface area contributed by atoms with E-state index >= 15 is 0 Å². The zero-order valence-electron chi connectivity index (χ0n) is 20.6. The Hall–Kier alpha value is -2.82. The molecule has 0 saturated heterocycles. The van der Waals surface area contributed by atoms with Gasteiger partial charge in [-0.15, -0.1) is 0 Å². The number of nitrogens with one attached hydrogen (secondary N) is 1. The van der Waals surface area contributed by atoms with Crippen molar-refractivity contribution < 1.29 is 9.18 Å². The molecule has 2 aromatic rings. The van der Waals surface area contributed by atoms with Gasteiger partial charge in [0.1, 0.15) is 5.82 Å². The van der Waals surface area contributed by atoms with Crippen molar-refractivity contribution in [3.8, 4) is 0 Å². The number of rotatable bonds is 3. The highest BCUT2D eigenvalue weighted by Gasteiger charge is 2.56. The lowest BCUT2D eigenvalue weighted by Gasteiger charge is -2.58. The van der Waals surface area contributed by atoms with E-state index in [1.54, 1.807) is 0 Å². The molecule has 3 unspecified atom stereocenters. The molecule has 0 spiro atoms. The Balaban J connectivity index is 1.20. The maximum atomic E-state index is 14.1. The fourth-order valence-corrected chi connectivity index (χ4v) is 8.13. The molecule has 0 bridgehead atoms. The van der Waals surface area contributed by atoms with Crippen molar-refractivity contribution in [2.75, 3.05) is 0 Å². The zero-order chi connectivity index (χ0) is 24.2. The molecule has 4 nitrogen and oxygen atoms in total. The summed E-state index contributed by atoms with van der Waals surface area (Å²) in [6.07, 6.45) is 19.2. The van der Waals surface area contributed by atoms with Crippen LogP contribution in [0.25, 0.3) is 5.57 Å². The van der Waals surface area contributed by atoms with Gasteiger partial charge in [0.05, 0.1) is 5.56 Å². The number of carbonyl (C=O) groups excluding carboxylic acids is 1. The number of pyridine rings is 2. The van der Waals surface area contributed by atoms with E-state index < -0.39 is 5.82 Å². The van der Waals surface area contributed by atoms with Crippen LogP contribution in [0.3, 0.4) is 0 Å². The van der Waals surface area contributed by atoms with Crippen molar-refractivity contribution in [3.63, 3.8) is 0 Å². The monoisotopic (exact) mass is 471 g/mol. The van der Waals surface area contributed by atoms with Gasteiger partial charge in [-0.2, -0.15) is 0 Å². The lowest BCUT2D eigenvalue weighted by molar-refractivity contribution is -0.0123. The van der Waals surface area contributed by atoms with Gasteiger partial charge in [0.2, 0.25) is 0 Å². The molecule has 6 atom stereocenters. The Morgan fingerprint density at radius 1 is 1.00 bits per heavy atom. The molecule has 4 aliphatic carbocycles. The minimum absolute atomic E-state index is 0.0308. The Bertz CT molecular complexity index is 1210. The molecular weight excluding hydrogens is 437 g/mol. The van der Waals surface area contributed by atoms with Crippen LogP contribution in [0, 0.1) is 34.4 Å². The second-order valence-corrected chi connectivity index (χ2v) is 11.6. The van der Waals surface area contributed by atoms with Gasteiger partial charge in [-0.05, 0) is 96.8 Å². The highest BCUT2D eigenvalue weighted by atomic mass is 19.1. The summed E-state index contributed by atoms with van der Waals surface area (Å²) in [4.78, 5) is 21.0. The minimum atomic E-state index is -0.515. The standard InChI is InChI=1S/C30H34FN3O/c1-29-12-9-21(34-28(35)23-18-33-15-11-27(23)31)16-20(29)5-6-22-25-8-7-24(19-4-3-14-32-17-19)30(25,2)13-10-26(22)29/h3-5,7,11,14-15,17-18,21-22,25-26H,6,8-10,12-13,16H2,1-2H3,(H,34,35)/t21-,22?,25?,26?,29-,30+/m0/s1. The number of nitrogens with zero attached hydrogens (tertiary/aromatic N) is 2. The first-order chi connectivity index (χ1) is 16.9. The fourth-order valence-electron chi connectivity index (χ4n) is 8.13. The summed E-state index contributed by atoms with van der Waals surface area (Å²) in [7, 11) is 0. The Labute approximate surface area is 207 Å². The van der Waals surface area contributed by atoms with Crippen LogP contribution in [-0.2, 0) is 0 Å². The highest BCUT2D eigenvalue weighted by Crippen LogP contribution is 2.66. The SMILES string of the molecule is C[C@]12CC[C@H](NC(=O)c3cnccc3F)CC1=CCC1C2CC[C@]2(C)C(c3cccnc3)=CCC12. The molecule has 4 aliphatic rings. The number of halogens is 1. The van der Waals surface area contributed by atoms with E-state index in [1.807, 2.05) is 12.4 Å². The highest BCUT2D eigenvalue weighted by molar-refractivity contribution is 5.94. The van der Waals surface area contributed by atoms with Gasteiger partial charge < -0.3 is 5.32 Å². The first kappa shape index (κ1) is 22.6. The predicted octanol–water partition coefficient (Wildman–Crippen LogP) is 6.37. The van der Waals surface area contributed by atoms with E-state index in [0.29, 0.717) is 17.8 Å². The van der Waals surface area contributed by atoms with Crippen LogP contribution in [0.5, 0.6) is 0 Å². The number of hydrogen-bond acceptors (Lipinski definition) is 3. The van der Waals surface area contributed by atoms with E-state index in [4.69, 9.17) is 0 Å². The molecule has 0 aliphatic heterocycles. The average molecular weight is 472 g/mol. The van der Waals surface area contributed by atoms with Gasteiger partial charge in [0, 0.05) is 30.8 Å². The molecule has 1 amide bonds. The van der Waals surface area contributed by atoms with Crippen LogP contribution in [-0.4, -0.2) is 21.9 Å². The number of allylic oxidation sites excluding steroid dienone is 3. The second-order valence-electron chi connectivity index (χ2n) is 11.6. The molecule has 2 saturated carbocycles. The second kappa shape index (κ2) is 8.39. The molecule has 35 heavy (non-hydrogen) atoms. The van der Waals surface area contributed by atoms with E-state index in [9.17, 15) is 9.18 Å². The summed E-state index contributed by atoms with van der Waals surface area (Å²) in [6.45, 7) is 4.97. The van der Waals surface area contributed by atoms with Gasteiger partial charge in [0.15, 0.2) is 0 Å². The molecule has 2 fully saturated rings. The lowest BCUT2D eigenvalue weighted by atomic mass is 9.47. The van der Waals surface area contributed by atoms with Crippen molar-refractivity contribution >= 4 is 11.5 Å². The largest absolute Gasteiger partial charge is 0.349 e. The molecule has 6 rings (SSSR count). The van der Waals surface area contributed by atoms with Crippen LogP contribution in [0.15, 0.2) is 60.7 Å². The molecule has 5 heteroatoms. The van der Waals surface area contributed by atoms with Crippen molar-refractivity contribution in [3.05, 3.63) is 77.7 Å². The summed E-state index contributed by atoms with van der Waals surface area (Å²) in [5.41, 5.74) is 4.75. The molecule has 182 valence electrons. The minimum Gasteiger partial charge on any atom is -0.349 e. The Kier molecular flexibility index (Phi) is 5.43. The third kappa shape index (κ3) is 3.57. The summed E-state index contributed by atoms with van der Waals surface area (Å²) in [5, 5.41) is 3.09. The quantitative estimate of drug-likeness (QED) is 0.529. The molecule has 2 heterocycles. The topological polar surface area (TPSA) is 54.9 Å². The Morgan fingerprint density at radius 3 is 2.63 bits per heavy atom. The molecule has 0 radical (unpaired) electrons. The van der Waals surface area contributed by atoms with Gasteiger partial charge in [-0.25, -0.2) is 4.39 Å². The van der Waals surface area contributed by atoms with Crippen LogP contribution in [0.4, 0.5) is 4.39 Å². The summed E-state index contributed by atoms with van der Waals surface area (Å²) in [5.74, 6) is 1.20. The summed E-state index contributed by atoms with van der Waals surface area (Å²) < 4.78 is 14.1. The maximum Gasteiger partial charge on any atom is 0.256 e.